The van der Waals surface area contributed by atoms with Gasteiger partial charge in [0, 0.05) is 19.8 Å². The molecule has 0 atom stereocenters. The molecule has 0 N–H and O–H groups in total. The van der Waals surface area contributed by atoms with E-state index in [2.05, 4.69) is 30.8 Å². The summed E-state index contributed by atoms with van der Waals surface area (Å²) in [5.74, 6) is -0.0931. The number of nitrogens with zero attached hydrogens (tertiary/aromatic N) is 3. The van der Waals surface area contributed by atoms with Crippen molar-refractivity contribution in [2.45, 2.75) is 32.1 Å². The van der Waals surface area contributed by atoms with Gasteiger partial charge in [-0.3, -0.25) is 4.79 Å². The molecule has 0 saturated heterocycles. The number of rotatable bonds is 5. The van der Waals surface area contributed by atoms with Gasteiger partial charge in [-0.25, -0.2) is 9.97 Å². The average Bonchev–Trinajstić information content (AvgIpc) is 3.12. The van der Waals surface area contributed by atoms with Crippen LogP contribution in [0.2, 0.25) is 0 Å². The third-order valence-electron chi connectivity index (χ3n) is 4.76. The monoisotopic (exact) mass is 423 g/mol. The smallest absolute Gasteiger partial charge is 0.313 e. The molecular weight excluding hydrogens is 402 g/mol. The zero-order valence-electron chi connectivity index (χ0n) is 14.5. The highest BCUT2D eigenvalue weighted by Crippen LogP contribution is 2.40. The van der Waals surface area contributed by atoms with Crippen molar-refractivity contribution in [3.8, 4) is 10.6 Å². The maximum Gasteiger partial charge on any atom is 0.313 e. The normalized spacial score (nSPS) is 16.4. The number of aromatic nitrogens is 2. The molecule has 2 heterocycles. The molecule has 1 aliphatic rings. The van der Waals surface area contributed by atoms with Gasteiger partial charge in [-0.15, -0.1) is 0 Å². The highest BCUT2D eigenvalue weighted by Gasteiger charge is 2.41. The zero-order valence-corrected chi connectivity index (χ0v) is 16.9. The van der Waals surface area contributed by atoms with Crippen molar-refractivity contribution in [1.82, 2.24) is 9.97 Å². The van der Waals surface area contributed by atoms with Gasteiger partial charge < -0.3 is 9.64 Å². The van der Waals surface area contributed by atoms with E-state index in [1.807, 2.05) is 31.4 Å². The zero-order chi connectivity index (χ0) is 17.9. The van der Waals surface area contributed by atoms with Gasteiger partial charge in [-0.1, -0.05) is 36.7 Å². The van der Waals surface area contributed by atoms with E-state index in [-0.39, 0.29) is 5.97 Å². The minimum Gasteiger partial charge on any atom is -0.469 e. The number of hydrogen-bond donors (Lipinski definition) is 0. The van der Waals surface area contributed by atoms with Crippen molar-refractivity contribution in [3.63, 3.8) is 0 Å². The molecule has 0 aliphatic heterocycles. The summed E-state index contributed by atoms with van der Waals surface area (Å²) in [4.78, 5) is 24.6. The van der Waals surface area contributed by atoms with Gasteiger partial charge in [-0.2, -0.15) is 0 Å². The van der Waals surface area contributed by atoms with Crippen molar-refractivity contribution in [2.75, 3.05) is 25.6 Å². The number of anilines is 1. The Kier molecular flexibility index (Phi) is 5.74. The van der Waals surface area contributed by atoms with E-state index in [1.165, 1.54) is 13.5 Å². The Morgan fingerprint density at radius 3 is 2.80 bits per heavy atom. The predicted octanol–water partition coefficient (Wildman–Crippen LogP) is 4.53. The van der Waals surface area contributed by atoms with Crippen LogP contribution in [0.1, 0.15) is 32.1 Å². The van der Waals surface area contributed by atoms with Gasteiger partial charge in [0.05, 0.1) is 23.1 Å². The van der Waals surface area contributed by atoms with E-state index >= 15 is 0 Å². The predicted molar refractivity (Wildman–Crippen MR) is 104 cm³/mol. The number of hydrogen-bond acceptors (Lipinski definition) is 6. The van der Waals surface area contributed by atoms with Crippen LogP contribution >= 0.6 is 27.3 Å². The first-order chi connectivity index (χ1) is 12.0. The van der Waals surface area contributed by atoms with E-state index < -0.39 is 5.41 Å². The second kappa shape index (κ2) is 7.83. The minimum atomic E-state index is -0.415. The molecule has 134 valence electrons. The lowest BCUT2D eigenvalue weighted by Gasteiger charge is -2.37. The molecule has 1 aliphatic carbocycles. The first-order valence-corrected chi connectivity index (χ1v) is 10.0. The van der Waals surface area contributed by atoms with Crippen molar-refractivity contribution >= 4 is 38.4 Å². The van der Waals surface area contributed by atoms with E-state index in [4.69, 9.17) is 4.74 Å². The Bertz CT molecular complexity index is 743. The van der Waals surface area contributed by atoms with Crippen LogP contribution in [0.15, 0.2) is 29.0 Å². The number of thiazole rings is 1. The van der Waals surface area contributed by atoms with Gasteiger partial charge in [0.1, 0.15) is 4.60 Å². The highest BCUT2D eigenvalue weighted by atomic mass is 79.9. The van der Waals surface area contributed by atoms with E-state index in [0.29, 0.717) is 6.54 Å². The molecule has 0 amide bonds. The molecule has 2 aromatic rings. The van der Waals surface area contributed by atoms with Gasteiger partial charge in [-0.05, 0) is 40.9 Å². The summed E-state index contributed by atoms with van der Waals surface area (Å²) in [6.07, 6.45) is 6.96. The Morgan fingerprint density at radius 2 is 2.12 bits per heavy atom. The van der Waals surface area contributed by atoms with Gasteiger partial charge in [0.25, 0.3) is 0 Å². The number of pyridine rings is 1. The lowest BCUT2D eigenvalue weighted by Crippen LogP contribution is -2.44. The molecule has 2 aromatic heterocycles. The number of methoxy groups -OCH3 is 1. The first kappa shape index (κ1) is 18.3. The van der Waals surface area contributed by atoms with Crippen LogP contribution in [0.25, 0.3) is 10.6 Å². The number of esters is 1. The number of ether oxygens (including phenoxy) is 1. The lowest BCUT2D eigenvalue weighted by molar-refractivity contribution is -0.154. The van der Waals surface area contributed by atoms with E-state index in [1.54, 1.807) is 11.3 Å². The summed E-state index contributed by atoms with van der Waals surface area (Å²) in [7, 11) is 3.48. The fourth-order valence-electron chi connectivity index (χ4n) is 3.50. The molecule has 0 radical (unpaired) electrons. The van der Waals surface area contributed by atoms with Crippen molar-refractivity contribution < 1.29 is 9.53 Å². The molecule has 0 bridgehead atoms. The summed E-state index contributed by atoms with van der Waals surface area (Å²) in [5.41, 5.74) is 0.480. The summed E-state index contributed by atoms with van der Waals surface area (Å²) >= 11 is 4.99. The maximum atomic E-state index is 12.4. The average molecular weight is 424 g/mol. The second-order valence-electron chi connectivity index (χ2n) is 6.54. The molecule has 7 heteroatoms. The Hall–Kier alpha value is -1.47. The highest BCUT2D eigenvalue weighted by molar-refractivity contribution is 9.10. The van der Waals surface area contributed by atoms with Gasteiger partial charge in [0.2, 0.25) is 0 Å². The largest absolute Gasteiger partial charge is 0.469 e. The molecule has 0 unspecified atom stereocenters. The van der Waals surface area contributed by atoms with Crippen molar-refractivity contribution in [1.29, 1.82) is 0 Å². The number of carbonyl (C=O) groups is 1. The Morgan fingerprint density at radius 1 is 1.36 bits per heavy atom. The van der Waals surface area contributed by atoms with E-state index in [0.717, 1.165) is 46.0 Å². The van der Waals surface area contributed by atoms with Crippen LogP contribution in [-0.2, 0) is 9.53 Å². The van der Waals surface area contributed by atoms with Crippen LogP contribution in [-0.4, -0.2) is 36.6 Å². The van der Waals surface area contributed by atoms with Gasteiger partial charge >= 0.3 is 5.97 Å². The number of halogens is 1. The third-order valence-corrected chi connectivity index (χ3v) is 6.33. The second-order valence-corrected chi connectivity index (χ2v) is 8.36. The molecule has 0 aromatic carbocycles. The molecule has 25 heavy (non-hydrogen) atoms. The standard InChI is InChI=1S/C18H22BrN3O2S/c1-22(12-18(16(23)24-2)9-4-3-5-10-18)17-20-11-14(25-17)13-7-6-8-15(19)21-13/h6-8,11H,3-5,9-10,12H2,1-2H3. The molecular formula is C18H22BrN3O2S. The van der Waals surface area contributed by atoms with Crippen LogP contribution < -0.4 is 4.90 Å². The molecule has 1 fully saturated rings. The maximum absolute atomic E-state index is 12.4. The molecule has 5 nitrogen and oxygen atoms in total. The van der Waals surface area contributed by atoms with E-state index in [9.17, 15) is 4.79 Å². The number of carbonyl (C=O) groups excluding carboxylic acids is 1. The molecule has 3 rings (SSSR count). The van der Waals surface area contributed by atoms with Crippen LogP contribution in [0.4, 0.5) is 5.13 Å². The summed E-state index contributed by atoms with van der Waals surface area (Å²) in [5, 5.41) is 0.894. The fourth-order valence-corrected chi connectivity index (χ4v) is 4.69. The fraction of sp³-hybridized carbons (Fsp3) is 0.500. The third kappa shape index (κ3) is 4.03. The van der Waals surface area contributed by atoms with Crippen LogP contribution in [0, 0.1) is 5.41 Å². The molecule has 0 spiro atoms. The summed E-state index contributed by atoms with van der Waals surface area (Å²) < 4.78 is 5.93. The lowest BCUT2D eigenvalue weighted by atomic mass is 9.73. The van der Waals surface area contributed by atoms with Gasteiger partial charge in [0.15, 0.2) is 5.13 Å². The van der Waals surface area contributed by atoms with Crippen molar-refractivity contribution in [2.24, 2.45) is 5.41 Å². The Labute approximate surface area is 160 Å². The topological polar surface area (TPSA) is 55.3 Å². The Balaban J connectivity index is 1.78. The first-order valence-electron chi connectivity index (χ1n) is 8.42. The summed E-state index contributed by atoms with van der Waals surface area (Å²) in [6, 6.07) is 5.84. The molecule has 1 saturated carbocycles. The SMILES string of the molecule is COC(=O)C1(CN(C)c2ncc(-c3cccc(Br)n3)s2)CCCCC1. The summed E-state index contributed by atoms with van der Waals surface area (Å²) in [6.45, 7) is 0.637. The van der Waals surface area contributed by atoms with Crippen LogP contribution in [0.5, 0.6) is 0 Å². The minimum absolute atomic E-state index is 0.0931. The van der Waals surface area contributed by atoms with Crippen molar-refractivity contribution in [3.05, 3.63) is 29.0 Å². The van der Waals surface area contributed by atoms with Crippen LogP contribution in [0.3, 0.4) is 0 Å². The quantitative estimate of drug-likeness (QED) is 0.522.